The molecule has 4 nitrogen and oxygen atoms in total. The molecule has 0 radical (unpaired) electrons. The second-order valence-corrected chi connectivity index (χ2v) is 15.4. The van der Waals surface area contributed by atoms with Gasteiger partial charge >= 0.3 is 0 Å². The van der Waals surface area contributed by atoms with Crippen LogP contribution in [0.1, 0.15) is 17.9 Å². The van der Waals surface area contributed by atoms with Gasteiger partial charge in [0.05, 0.1) is 10.0 Å². The van der Waals surface area contributed by atoms with E-state index in [1.807, 2.05) is 17.2 Å². The van der Waals surface area contributed by atoms with Gasteiger partial charge in [0.25, 0.3) is 0 Å². The number of halogens is 2. The summed E-state index contributed by atoms with van der Waals surface area (Å²) in [4.78, 5) is 14.2. The average molecular weight is 451 g/mol. The minimum absolute atomic E-state index is 0.0115. The fourth-order valence-electron chi connectivity index (χ4n) is 2.98. The van der Waals surface area contributed by atoms with Gasteiger partial charge < -0.3 is 14.4 Å². The second-order valence-electron chi connectivity index (χ2n) is 7.99. The quantitative estimate of drug-likeness (QED) is 0.273. The molecule has 0 spiro atoms. The van der Waals surface area contributed by atoms with Gasteiger partial charge in [-0.15, -0.1) is 0 Å². The van der Waals surface area contributed by atoms with Gasteiger partial charge in [-0.1, -0.05) is 42.8 Å². The number of amides is 1. The van der Waals surface area contributed by atoms with Crippen molar-refractivity contribution >= 4 is 48.9 Å². The average Bonchev–Trinajstić information content (AvgIpc) is 2.95. The summed E-state index contributed by atoms with van der Waals surface area (Å²) >= 11 is 14.5. The van der Waals surface area contributed by atoms with E-state index in [2.05, 4.69) is 19.6 Å². The molecule has 0 N–H and O–H groups in total. The SMILES string of the molecule is CSCCN1CC(c2c(OCOCC[Si](C)(C)C)ccc(Cl)c2Cl)CC1=O. The van der Waals surface area contributed by atoms with E-state index in [0.29, 0.717) is 35.4 Å². The van der Waals surface area contributed by atoms with E-state index in [0.717, 1.165) is 23.9 Å². The van der Waals surface area contributed by atoms with Gasteiger partial charge in [0.1, 0.15) is 5.75 Å². The molecule has 1 aliphatic heterocycles. The van der Waals surface area contributed by atoms with Crippen molar-refractivity contribution in [3.05, 3.63) is 27.7 Å². The Bertz CT molecular complexity index is 655. The first kappa shape index (κ1) is 22.9. The molecule has 2 rings (SSSR count). The number of ether oxygens (including phenoxy) is 2. The molecule has 0 aromatic heterocycles. The van der Waals surface area contributed by atoms with Gasteiger partial charge in [-0.3, -0.25) is 4.79 Å². The summed E-state index contributed by atoms with van der Waals surface area (Å²) in [5, 5.41) is 0.953. The predicted molar refractivity (Wildman–Crippen MR) is 118 cm³/mol. The molecule has 1 aromatic carbocycles. The third-order valence-electron chi connectivity index (χ3n) is 4.57. The molecule has 0 bridgehead atoms. The maximum atomic E-state index is 12.3. The third-order valence-corrected chi connectivity index (χ3v) is 7.69. The van der Waals surface area contributed by atoms with Crippen molar-refractivity contribution in [2.45, 2.75) is 38.0 Å². The molecule has 27 heavy (non-hydrogen) atoms. The van der Waals surface area contributed by atoms with Crippen LogP contribution in [0.4, 0.5) is 0 Å². The first-order valence-corrected chi connectivity index (χ1v) is 15.0. The fraction of sp³-hybridized carbons (Fsp3) is 0.632. The molecule has 8 heteroatoms. The largest absolute Gasteiger partial charge is 0.467 e. The Balaban J connectivity index is 2.05. The second kappa shape index (κ2) is 10.4. The molecule has 1 unspecified atom stereocenters. The lowest BCUT2D eigenvalue weighted by Crippen LogP contribution is -2.27. The predicted octanol–water partition coefficient (Wildman–Crippen LogP) is 5.36. The minimum Gasteiger partial charge on any atom is -0.467 e. The number of nitrogens with zero attached hydrogens (tertiary/aromatic N) is 1. The normalized spacial score (nSPS) is 17.6. The van der Waals surface area contributed by atoms with E-state index in [4.69, 9.17) is 32.7 Å². The molecule has 152 valence electrons. The number of benzene rings is 1. The first-order valence-electron chi connectivity index (χ1n) is 9.18. The van der Waals surface area contributed by atoms with Crippen molar-refractivity contribution in [2.75, 3.05) is 38.5 Å². The highest BCUT2D eigenvalue weighted by atomic mass is 35.5. The van der Waals surface area contributed by atoms with Crippen LogP contribution in [0, 0.1) is 0 Å². The standard InChI is InChI=1S/C19H29Cl2NO3SSi/c1-26-9-7-22-12-14(11-17(22)23)18-16(6-5-15(20)19(18)21)25-13-24-8-10-27(2,3)4/h5-6,14H,7-13H2,1-4H3. The summed E-state index contributed by atoms with van der Waals surface area (Å²) in [6.07, 6.45) is 2.47. The van der Waals surface area contributed by atoms with Crippen LogP contribution in [0.25, 0.3) is 0 Å². The van der Waals surface area contributed by atoms with E-state index >= 15 is 0 Å². The summed E-state index contributed by atoms with van der Waals surface area (Å²) in [6.45, 7) is 9.20. The van der Waals surface area contributed by atoms with E-state index in [1.54, 1.807) is 17.8 Å². The monoisotopic (exact) mass is 449 g/mol. The molecule has 1 aliphatic rings. The van der Waals surface area contributed by atoms with Crippen LogP contribution in [0.5, 0.6) is 5.75 Å². The van der Waals surface area contributed by atoms with Crippen molar-refractivity contribution < 1.29 is 14.3 Å². The lowest BCUT2D eigenvalue weighted by molar-refractivity contribution is -0.127. The number of likely N-dealkylation sites (tertiary alicyclic amines) is 1. The molecule has 1 atom stereocenters. The Morgan fingerprint density at radius 3 is 2.70 bits per heavy atom. The Morgan fingerprint density at radius 1 is 1.30 bits per heavy atom. The number of carbonyl (C=O) groups is 1. The Labute approximate surface area is 177 Å². The summed E-state index contributed by atoms with van der Waals surface area (Å²) in [7, 11) is -1.13. The maximum absolute atomic E-state index is 12.3. The molecule has 1 heterocycles. The van der Waals surface area contributed by atoms with E-state index in [9.17, 15) is 4.79 Å². The zero-order chi connectivity index (χ0) is 20.0. The van der Waals surface area contributed by atoms with Crippen molar-refractivity contribution in [1.29, 1.82) is 0 Å². The van der Waals surface area contributed by atoms with E-state index < -0.39 is 8.07 Å². The zero-order valence-electron chi connectivity index (χ0n) is 16.5. The van der Waals surface area contributed by atoms with Crippen LogP contribution in [0.15, 0.2) is 12.1 Å². The number of carbonyl (C=O) groups excluding carboxylic acids is 1. The van der Waals surface area contributed by atoms with Crippen LogP contribution in [0.3, 0.4) is 0 Å². The highest BCUT2D eigenvalue weighted by Gasteiger charge is 2.34. The molecular formula is C19H29Cl2NO3SSi. The number of rotatable bonds is 10. The Kier molecular flexibility index (Phi) is 8.81. The van der Waals surface area contributed by atoms with Crippen molar-refractivity contribution in [3.8, 4) is 5.75 Å². The minimum atomic E-state index is -1.13. The van der Waals surface area contributed by atoms with E-state index in [1.165, 1.54) is 0 Å². The summed E-state index contributed by atoms with van der Waals surface area (Å²) in [5.41, 5.74) is 0.818. The molecule has 1 fully saturated rings. The topological polar surface area (TPSA) is 38.8 Å². The van der Waals surface area contributed by atoms with Crippen molar-refractivity contribution in [2.24, 2.45) is 0 Å². The molecule has 1 amide bonds. The first-order chi connectivity index (χ1) is 12.7. The van der Waals surface area contributed by atoms with Crippen LogP contribution in [-0.4, -0.2) is 57.4 Å². The number of thioether (sulfide) groups is 1. The number of hydrogen-bond donors (Lipinski definition) is 0. The maximum Gasteiger partial charge on any atom is 0.223 e. The van der Waals surface area contributed by atoms with E-state index in [-0.39, 0.29) is 18.6 Å². The Hall–Kier alpha value is -0.403. The number of hydrogen-bond acceptors (Lipinski definition) is 4. The zero-order valence-corrected chi connectivity index (χ0v) is 19.8. The van der Waals surface area contributed by atoms with Crippen LogP contribution < -0.4 is 4.74 Å². The molecule has 1 saturated heterocycles. The van der Waals surface area contributed by atoms with Crippen molar-refractivity contribution in [3.63, 3.8) is 0 Å². The summed E-state index contributed by atoms with van der Waals surface area (Å²) < 4.78 is 11.5. The smallest absolute Gasteiger partial charge is 0.223 e. The lowest BCUT2D eigenvalue weighted by atomic mass is 9.97. The molecule has 1 aromatic rings. The summed E-state index contributed by atoms with van der Waals surface area (Å²) in [6, 6.07) is 4.64. The van der Waals surface area contributed by atoms with Gasteiger partial charge in [0, 0.05) is 51.4 Å². The highest BCUT2D eigenvalue weighted by molar-refractivity contribution is 7.98. The Morgan fingerprint density at radius 2 is 2.04 bits per heavy atom. The van der Waals surface area contributed by atoms with Crippen LogP contribution in [0.2, 0.25) is 35.7 Å². The lowest BCUT2D eigenvalue weighted by Gasteiger charge is -2.20. The molecule has 0 aliphatic carbocycles. The molecule has 0 saturated carbocycles. The van der Waals surface area contributed by atoms with Gasteiger partial charge in [-0.2, -0.15) is 11.8 Å². The van der Waals surface area contributed by atoms with Gasteiger partial charge in [-0.05, 0) is 24.4 Å². The van der Waals surface area contributed by atoms with Crippen LogP contribution >= 0.6 is 35.0 Å². The van der Waals surface area contributed by atoms with Crippen LogP contribution in [-0.2, 0) is 9.53 Å². The van der Waals surface area contributed by atoms with Gasteiger partial charge in [-0.25, -0.2) is 0 Å². The van der Waals surface area contributed by atoms with Gasteiger partial charge in [0.15, 0.2) is 6.79 Å². The fourth-order valence-corrected chi connectivity index (χ4v) is 4.62. The molecular weight excluding hydrogens is 421 g/mol. The van der Waals surface area contributed by atoms with Gasteiger partial charge in [0.2, 0.25) is 5.91 Å². The van der Waals surface area contributed by atoms with Crippen molar-refractivity contribution in [1.82, 2.24) is 4.90 Å². The third kappa shape index (κ3) is 6.86. The summed E-state index contributed by atoms with van der Waals surface area (Å²) in [5.74, 6) is 1.72. The highest BCUT2D eigenvalue weighted by Crippen LogP contribution is 2.42.